The highest BCUT2D eigenvalue weighted by atomic mass is 16.5. The first-order valence-corrected chi connectivity index (χ1v) is 8.26. The lowest BCUT2D eigenvalue weighted by Gasteiger charge is -2.31. The van der Waals surface area contributed by atoms with Crippen molar-refractivity contribution in [2.24, 2.45) is 5.41 Å². The van der Waals surface area contributed by atoms with Gasteiger partial charge in [-0.25, -0.2) is 9.59 Å². The van der Waals surface area contributed by atoms with E-state index in [1.165, 1.54) is 0 Å². The number of hydrogen-bond donors (Lipinski definition) is 2. The standard InChI is InChI=1S/C19H26N2O4/c1-11-15(17(22)25-12(2)19(3,4)5)16(21-18(23)20-11)13-7-9-14(24-6)10-8-13/h7-10,12,16H,1-6H3,(H2,20,21,23). The van der Waals surface area contributed by atoms with Crippen molar-refractivity contribution in [2.75, 3.05) is 7.11 Å². The molecule has 6 heteroatoms. The van der Waals surface area contributed by atoms with Crippen LogP contribution in [0.2, 0.25) is 0 Å². The molecule has 136 valence electrons. The van der Waals surface area contributed by atoms with E-state index in [0.29, 0.717) is 17.0 Å². The van der Waals surface area contributed by atoms with Gasteiger partial charge in [-0.3, -0.25) is 0 Å². The van der Waals surface area contributed by atoms with Crippen LogP contribution in [0, 0.1) is 5.41 Å². The van der Waals surface area contributed by atoms with Crippen molar-refractivity contribution in [3.63, 3.8) is 0 Å². The van der Waals surface area contributed by atoms with Gasteiger partial charge in [0.1, 0.15) is 11.9 Å². The molecule has 1 aromatic carbocycles. The number of amides is 2. The molecule has 2 amide bonds. The SMILES string of the molecule is COc1ccc(C2NC(=O)NC(C)=C2C(=O)OC(C)C(C)(C)C)cc1. The van der Waals surface area contributed by atoms with Gasteiger partial charge in [-0.15, -0.1) is 0 Å². The Kier molecular flexibility index (Phi) is 5.40. The Balaban J connectivity index is 2.34. The number of nitrogens with one attached hydrogen (secondary N) is 2. The molecule has 0 aromatic heterocycles. The first-order chi connectivity index (χ1) is 11.6. The summed E-state index contributed by atoms with van der Waals surface area (Å²) in [6, 6.07) is 6.31. The number of hydrogen-bond acceptors (Lipinski definition) is 4. The molecule has 0 saturated carbocycles. The fraction of sp³-hybridized carbons (Fsp3) is 0.474. The number of allylic oxidation sites excluding steroid dienone is 1. The molecular formula is C19H26N2O4. The first-order valence-electron chi connectivity index (χ1n) is 8.26. The fourth-order valence-corrected chi connectivity index (χ4v) is 2.41. The van der Waals surface area contributed by atoms with E-state index in [1.807, 2.05) is 39.8 Å². The third-order valence-corrected chi connectivity index (χ3v) is 4.44. The van der Waals surface area contributed by atoms with Gasteiger partial charge in [0, 0.05) is 5.70 Å². The summed E-state index contributed by atoms with van der Waals surface area (Å²) < 4.78 is 10.8. The second kappa shape index (κ2) is 7.17. The van der Waals surface area contributed by atoms with Crippen molar-refractivity contribution in [3.05, 3.63) is 41.1 Å². The van der Waals surface area contributed by atoms with Crippen LogP contribution in [0.25, 0.3) is 0 Å². The van der Waals surface area contributed by atoms with Crippen LogP contribution in [-0.4, -0.2) is 25.2 Å². The lowest BCUT2D eigenvalue weighted by Crippen LogP contribution is -2.46. The molecule has 0 spiro atoms. The van der Waals surface area contributed by atoms with Crippen molar-refractivity contribution in [3.8, 4) is 5.75 Å². The van der Waals surface area contributed by atoms with E-state index in [2.05, 4.69) is 10.6 Å². The quantitative estimate of drug-likeness (QED) is 0.820. The number of esters is 1. The maximum Gasteiger partial charge on any atom is 0.338 e. The maximum absolute atomic E-state index is 12.8. The summed E-state index contributed by atoms with van der Waals surface area (Å²) in [5, 5.41) is 5.44. The van der Waals surface area contributed by atoms with Gasteiger partial charge in [-0.1, -0.05) is 32.9 Å². The second-order valence-corrected chi connectivity index (χ2v) is 7.26. The smallest absolute Gasteiger partial charge is 0.338 e. The maximum atomic E-state index is 12.8. The highest BCUT2D eigenvalue weighted by Gasteiger charge is 2.34. The van der Waals surface area contributed by atoms with E-state index in [9.17, 15) is 9.59 Å². The van der Waals surface area contributed by atoms with Crippen LogP contribution in [0.5, 0.6) is 5.75 Å². The molecule has 1 heterocycles. The van der Waals surface area contributed by atoms with Crippen molar-refractivity contribution < 1.29 is 19.1 Å². The zero-order valence-electron chi connectivity index (χ0n) is 15.6. The number of benzene rings is 1. The molecule has 2 unspecified atom stereocenters. The van der Waals surface area contributed by atoms with Crippen LogP contribution in [0.1, 0.15) is 46.2 Å². The Morgan fingerprint density at radius 1 is 1.20 bits per heavy atom. The first kappa shape index (κ1) is 18.8. The zero-order valence-corrected chi connectivity index (χ0v) is 15.6. The molecule has 1 aliphatic rings. The van der Waals surface area contributed by atoms with Gasteiger partial charge in [0.2, 0.25) is 0 Å². The average Bonchev–Trinajstić information content (AvgIpc) is 2.53. The van der Waals surface area contributed by atoms with Gasteiger partial charge in [0.05, 0.1) is 18.7 Å². The minimum Gasteiger partial charge on any atom is -0.497 e. The predicted molar refractivity (Wildman–Crippen MR) is 95.1 cm³/mol. The molecule has 0 bridgehead atoms. The largest absolute Gasteiger partial charge is 0.497 e. The van der Waals surface area contributed by atoms with Gasteiger partial charge in [-0.2, -0.15) is 0 Å². The zero-order chi connectivity index (χ0) is 18.8. The van der Waals surface area contributed by atoms with Crippen molar-refractivity contribution in [2.45, 2.75) is 46.8 Å². The molecule has 0 radical (unpaired) electrons. The van der Waals surface area contributed by atoms with E-state index in [4.69, 9.17) is 9.47 Å². The van der Waals surface area contributed by atoms with Crippen LogP contribution < -0.4 is 15.4 Å². The Labute approximate surface area is 148 Å². The third-order valence-electron chi connectivity index (χ3n) is 4.44. The van der Waals surface area contributed by atoms with Crippen molar-refractivity contribution >= 4 is 12.0 Å². The normalized spacial score (nSPS) is 19.0. The molecule has 0 aliphatic carbocycles. The summed E-state index contributed by atoms with van der Waals surface area (Å²) in [7, 11) is 1.59. The molecule has 2 N–H and O–H groups in total. The Bertz CT molecular complexity index is 686. The topological polar surface area (TPSA) is 76.7 Å². The third kappa shape index (κ3) is 4.32. The summed E-state index contributed by atoms with van der Waals surface area (Å²) >= 11 is 0. The predicted octanol–water partition coefficient (Wildman–Crippen LogP) is 3.30. The Morgan fingerprint density at radius 2 is 1.80 bits per heavy atom. The lowest BCUT2D eigenvalue weighted by atomic mass is 9.90. The van der Waals surface area contributed by atoms with Gasteiger partial charge >= 0.3 is 12.0 Å². The molecule has 1 aliphatic heterocycles. The number of rotatable bonds is 4. The number of ether oxygens (including phenoxy) is 2. The summed E-state index contributed by atoms with van der Waals surface area (Å²) in [4.78, 5) is 24.7. The van der Waals surface area contributed by atoms with Gasteiger partial charge in [0.25, 0.3) is 0 Å². The Morgan fingerprint density at radius 3 is 2.32 bits per heavy atom. The highest BCUT2D eigenvalue weighted by Crippen LogP contribution is 2.30. The molecule has 2 rings (SSSR count). The van der Waals surface area contributed by atoms with Crippen LogP contribution in [0.4, 0.5) is 4.79 Å². The average molecular weight is 346 g/mol. The van der Waals surface area contributed by atoms with Crippen LogP contribution >= 0.6 is 0 Å². The molecule has 1 aromatic rings. The monoisotopic (exact) mass is 346 g/mol. The van der Waals surface area contributed by atoms with Crippen molar-refractivity contribution in [1.29, 1.82) is 0 Å². The summed E-state index contributed by atoms with van der Waals surface area (Å²) in [5.74, 6) is 0.267. The van der Waals surface area contributed by atoms with E-state index < -0.39 is 12.0 Å². The summed E-state index contributed by atoms with van der Waals surface area (Å²) in [5.41, 5.74) is 1.51. The fourth-order valence-electron chi connectivity index (χ4n) is 2.41. The molecule has 25 heavy (non-hydrogen) atoms. The molecule has 0 fully saturated rings. The van der Waals surface area contributed by atoms with Gasteiger partial charge in [0.15, 0.2) is 0 Å². The lowest BCUT2D eigenvalue weighted by molar-refractivity contribution is -0.149. The van der Waals surface area contributed by atoms with Crippen LogP contribution in [-0.2, 0) is 9.53 Å². The van der Waals surface area contributed by atoms with E-state index in [-0.39, 0.29) is 17.6 Å². The van der Waals surface area contributed by atoms with E-state index >= 15 is 0 Å². The van der Waals surface area contributed by atoms with Crippen molar-refractivity contribution in [1.82, 2.24) is 10.6 Å². The summed E-state index contributed by atoms with van der Waals surface area (Å²) in [6.45, 7) is 9.59. The number of carbonyl (C=O) groups is 2. The van der Waals surface area contributed by atoms with Gasteiger partial charge in [-0.05, 0) is 37.0 Å². The van der Waals surface area contributed by atoms with E-state index in [1.54, 1.807) is 26.2 Å². The number of methoxy groups -OCH3 is 1. The minimum absolute atomic E-state index is 0.176. The Hall–Kier alpha value is -2.50. The molecule has 6 nitrogen and oxygen atoms in total. The number of urea groups is 1. The molecule has 2 atom stereocenters. The number of carbonyl (C=O) groups excluding carboxylic acids is 2. The van der Waals surface area contributed by atoms with E-state index in [0.717, 1.165) is 5.56 Å². The second-order valence-electron chi connectivity index (χ2n) is 7.26. The summed E-state index contributed by atoms with van der Waals surface area (Å²) in [6.07, 6.45) is -0.269. The molecular weight excluding hydrogens is 320 g/mol. The van der Waals surface area contributed by atoms with Crippen LogP contribution in [0.15, 0.2) is 35.5 Å². The molecule has 0 saturated heterocycles. The van der Waals surface area contributed by atoms with Crippen LogP contribution in [0.3, 0.4) is 0 Å². The minimum atomic E-state index is -0.570. The van der Waals surface area contributed by atoms with Gasteiger partial charge < -0.3 is 20.1 Å². The highest BCUT2D eigenvalue weighted by molar-refractivity contribution is 5.95.